The highest BCUT2D eigenvalue weighted by Crippen LogP contribution is 2.20. The minimum absolute atomic E-state index is 0.738. The van der Waals surface area contributed by atoms with Gasteiger partial charge in [-0.05, 0) is 56.0 Å². The van der Waals surface area contributed by atoms with Gasteiger partial charge in [-0.2, -0.15) is 5.10 Å². The molecule has 0 unspecified atom stereocenters. The Morgan fingerprint density at radius 2 is 1.95 bits per heavy atom. The number of aryl methyl sites for hydroxylation is 2. The van der Waals surface area contributed by atoms with Gasteiger partial charge in [0.1, 0.15) is 11.6 Å². The van der Waals surface area contributed by atoms with E-state index in [0.717, 1.165) is 42.5 Å². The summed E-state index contributed by atoms with van der Waals surface area (Å²) in [5, 5.41) is 11.4. The monoisotopic (exact) mass is 283 g/mol. The van der Waals surface area contributed by atoms with Crippen LogP contribution < -0.4 is 10.2 Å². The topological polar surface area (TPSA) is 53.9 Å². The van der Waals surface area contributed by atoms with Gasteiger partial charge in [0.15, 0.2) is 0 Å². The molecule has 1 aliphatic rings. The fourth-order valence-corrected chi connectivity index (χ4v) is 2.67. The standard InChI is InChI=1S/C16H21N5/c1-12-7-15(20-18-10-12)17-11-14-8-13(2)19-16(9-14)21-5-3-4-6-21/h7-10H,3-6,11H2,1-2H3,(H,17,20). The largest absolute Gasteiger partial charge is 0.364 e. The first-order valence-corrected chi connectivity index (χ1v) is 7.46. The van der Waals surface area contributed by atoms with Gasteiger partial charge >= 0.3 is 0 Å². The van der Waals surface area contributed by atoms with E-state index in [1.165, 1.54) is 18.4 Å². The van der Waals surface area contributed by atoms with E-state index < -0.39 is 0 Å². The van der Waals surface area contributed by atoms with Crippen molar-refractivity contribution in [2.24, 2.45) is 0 Å². The van der Waals surface area contributed by atoms with Crippen molar-refractivity contribution >= 4 is 11.6 Å². The summed E-state index contributed by atoms with van der Waals surface area (Å²) in [6.07, 6.45) is 4.29. The van der Waals surface area contributed by atoms with E-state index in [1.54, 1.807) is 6.20 Å². The van der Waals surface area contributed by atoms with Crippen molar-refractivity contribution in [3.63, 3.8) is 0 Å². The lowest BCUT2D eigenvalue weighted by atomic mass is 10.2. The molecule has 0 radical (unpaired) electrons. The maximum Gasteiger partial charge on any atom is 0.149 e. The molecule has 2 aromatic heterocycles. The number of hydrogen-bond acceptors (Lipinski definition) is 5. The molecule has 21 heavy (non-hydrogen) atoms. The second kappa shape index (κ2) is 6.08. The van der Waals surface area contributed by atoms with Crippen molar-refractivity contribution in [3.8, 4) is 0 Å². The Hall–Kier alpha value is -2.17. The van der Waals surface area contributed by atoms with Gasteiger partial charge in [0.25, 0.3) is 0 Å². The molecule has 110 valence electrons. The molecule has 0 amide bonds. The van der Waals surface area contributed by atoms with E-state index in [2.05, 4.69) is 44.5 Å². The van der Waals surface area contributed by atoms with E-state index >= 15 is 0 Å². The Labute approximate surface area is 125 Å². The number of rotatable bonds is 4. The van der Waals surface area contributed by atoms with Crippen LogP contribution in [0.2, 0.25) is 0 Å². The Morgan fingerprint density at radius 3 is 2.71 bits per heavy atom. The second-order valence-corrected chi connectivity index (χ2v) is 5.64. The molecule has 3 heterocycles. The summed E-state index contributed by atoms with van der Waals surface area (Å²) in [6.45, 7) is 7.04. The first-order valence-electron chi connectivity index (χ1n) is 7.46. The highest BCUT2D eigenvalue weighted by molar-refractivity contribution is 5.45. The number of aromatic nitrogens is 3. The third-order valence-electron chi connectivity index (χ3n) is 3.69. The predicted octanol–water partition coefficient (Wildman–Crippen LogP) is 2.70. The lowest BCUT2D eigenvalue weighted by Crippen LogP contribution is -2.19. The highest BCUT2D eigenvalue weighted by atomic mass is 15.2. The molecular weight excluding hydrogens is 262 g/mol. The lowest BCUT2D eigenvalue weighted by molar-refractivity contribution is 0.920. The zero-order valence-corrected chi connectivity index (χ0v) is 12.6. The van der Waals surface area contributed by atoms with Crippen LogP contribution in [0.5, 0.6) is 0 Å². The van der Waals surface area contributed by atoms with Crippen LogP contribution in [0.1, 0.15) is 29.7 Å². The maximum atomic E-state index is 4.66. The zero-order valence-electron chi connectivity index (χ0n) is 12.6. The Morgan fingerprint density at radius 1 is 1.14 bits per heavy atom. The van der Waals surface area contributed by atoms with Crippen LogP contribution >= 0.6 is 0 Å². The second-order valence-electron chi connectivity index (χ2n) is 5.64. The van der Waals surface area contributed by atoms with Crippen LogP contribution in [0.15, 0.2) is 24.4 Å². The Balaban J connectivity index is 1.72. The molecule has 0 spiro atoms. The van der Waals surface area contributed by atoms with E-state index in [1.807, 2.05) is 13.0 Å². The molecule has 1 fully saturated rings. The summed E-state index contributed by atoms with van der Waals surface area (Å²) in [5.41, 5.74) is 3.40. The molecule has 0 atom stereocenters. The molecule has 1 saturated heterocycles. The molecule has 1 N–H and O–H groups in total. The van der Waals surface area contributed by atoms with Gasteiger partial charge in [-0.15, -0.1) is 5.10 Å². The molecular formula is C16H21N5. The average Bonchev–Trinajstić information content (AvgIpc) is 2.99. The van der Waals surface area contributed by atoms with Crippen molar-refractivity contribution in [3.05, 3.63) is 41.2 Å². The van der Waals surface area contributed by atoms with Gasteiger partial charge in [-0.1, -0.05) is 0 Å². The summed E-state index contributed by atoms with van der Waals surface area (Å²) in [5.74, 6) is 1.91. The smallest absolute Gasteiger partial charge is 0.149 e. The Bertz CT molecular complexity index is 620. The van der Waals surface area contributed by atoms with Crippen molar-refractivity contribution < 1.29 is 0 Å². The minimum atomic E-state index is 0.738. The summed E-state index contributed by atoms with van der Waals surface area (Å²) in [6, 6.07) is 6.30. The third-order valence-corrected chi connectivity index (χ3v) is 3.69. The molecule has 0 saturated carbocycles. The maximum absolute atomic E-state index is 4.66. The van der Waals surface area contributed by atoms with Gasteiger partial charge in [-0.25, -0.2) is 4.98 Å². The van der Waals surface area contributed by atoms with Gasteiger partial charge < -0.3 is 10.2 Å². The third kappa shape index (κ3) is 3.48. The normalized spacial score (nSPS) is 14.5. The van der Waals surface area contributed by atoms with Crippen LogP contribution in [0.25, 0.3) is 0 Å². The van der Waals surface area contributed by atoms with Gasteiger partial charge in [-0.3, -0.25) is 0 Å². The fraction of sp³-hybridized carbons (Fsp3) is 0.438. The molecule has 0 aliphatic carbocycles. The van der Waals surface area contributed by atoms with Crippen molar-refractivity contribution in [2.45, 2.75) is 33.2 Å². The number of nitrogens with zero attached hydrogens (tertiary/aromatic N) is 4. The molecule has 0 aromatic carbocycles. The van der Waals surface area contributed by atoms with Crippen molar-refractivity contribution in [1.29, 1.82) is 0 Å². The number of nitrogens with one attached hydrogen (secondary N) is 1. The van der Waals surface area contributed by atoms with Crippen LogP contribution in [-0.2, 0) is 6.54 Å². The van der Waals surface area contributed by atoms with E-state index in [9.17, 15) is 0 Å². The van der Waals surface area contributed by atoms with Crippen LogP contribution in [0, 0.1) is 13.8 Å². The van der Waals surface area contributed by atoms with E-state index in [4.69, 9.17) is 0 Å². The van der Waals surface area contributed by atoms with Crippen molar-refractivity contribution in [2.75, 3.05) is 23.3 Å². The summed E-state index contributed by atoms with van der Waals surface area (Å²) in [7, 11) is 0. The average molecular weight is 283 g/mol. The fourth-order valence-electron chi connectivity index (χ4n) is 2.67. The van der Waals surface area contributed by atoms with Crippen LogP contribution in [0.3, 0.4) is 0 Å². The molecule has 2 aromatic rings. The van der Waals surface area contributed by atoms with Gasteiger partial charge in [0.2, 0.25) is 0 Å². The number of anilines is 2. The number of hydrogen-bond donors (Lipinski definition) is 1. The van der Waals surface area contributed by atoms with Crippen molar-refractivity contribution in [1.82, 2.24) is 15.2 Å². The van der Waals surface area contributed by atoms with E-state index in [0.29, 0.717) is 0 Å². The zero-order chi connectivity index (χ0) is 14.7. The Kier molecular flexibility index (Phi) is 3.99. The molecule has 5 heteroatoms. The van der Waals surface area contributed by atoms with Crippen LogP contribution in [-0.4, -0.2) is 28.3 Å². The summed E-state index contributed by atoms with van der Waals surface area (Å²) >= 11 is 0. The highest BCUT2D eigenvalue weighted by Gasteiger charge is 2.14. The molecule has 5 nitrogen and oxygen atoms in total. The summed E-state index contributed by atoms with van der Waals surface area (Å²) in [4.78, 5) is 7.02. The molecule has 3 rings (SSSR count). The van der Waals surface area contributed by atoms with Gasteiger partial charge in [0, 0.05) is 25.3 Å². The SMILES string of the molecule is Cc1cnnc(NCc2cc(C)nc(N3CCCC3)c2)c1. The van der Waals surface area contributed by atoms with Gasteiger partial charge in [0.05, 0.1) is 6.20 Å². The van der Waals surface area contributed by atoms with Crippen LogP contribution in [0.4, 0.5) is 11.6 Å². The quantitative estimate of drug-likeness (QED) is 0.935. The first-order chi connectivity index (χ1) is 10.2. The predicted molar refractivity (Wildman–Crippen MR) is 84.5 cm³/mol. The summed E-state index contributed by atoms with van der Waals surface area (Å²) < 4.78 is 0. The molecule has 1 aliphatic heterocycles. The lowest BCUT2D eigenvalue weighted by Gasteiger charge is -2.18. The van der Waals surface area contributed by atoms with E-state index in [-0.39, 0.29) is 0 Å². The first kappa shape index (κ1) is 13.8. The number of pyridine rings is 1. The molecule has 0 bridgehead atoms. The minimum Gasteiger partial charge on any atom is -0.364 e.